The molecule has 1 saturated heterocycles. The number of cyclic esters (lactones) is 1. The van der Waals surface area contributed by atoms with Crippen molar-refractivity contribution in [3.05, 3.63) is 0 Å². The van der Waals surface area contributed by atoms with Gasteiger partial charge in [-0.2, -0.15) is 0 Å². The molecule has 1 unspecified atom stereocenters. The highest BCUT2D eigenvalue weighted by atomic mass is 19.1. The normalized spacial score (nSPS) is 37.0. The number of halogens is 1. The van der Waals surface area contributed by atoms with Gasteiger partial charge < -0.3 is 4.74 Å². The van der Waals surface area contributed by atoms with Crippen molar-refractivity contribution < 1.29 is 13.9 Å². The van der Waals surface area contributed by atoms with Crippen molar-refractivity contribution in [3.63, 3.8) is 0 Å². The van der Waals surface area contributed by atoms with Crippen LogP contribution in [-0.4, -0.2) is 12.3 Å². The Morgan fingerprint density at radius 2 is 2.33 bits per heavy atom. The standard InChI is InChI=1S/C6H7FO2/c7-4-3-6(1-2-6)5(8)9-4/h4H,1-3H2. The molecule has 3 heteroatoms. The van der Waals surface area contributed by atoms with Crippen LogP contribution in [0.5, 0.6) is 0 Å². The second kappa shape index (κ2) is 1.28. The quantitative estimate of drug-likeness (QED) is 0.457. The van der Waals surface area contributed by atoms with Crippen LogP contribution in [0.4, 0.5) is 4.39 Å². The Hall–Kier alpha value is -0.600. The average molecular weight is 130 g/mol. The molecule has 1 aliphatic carbocycles. The number of rotatable bonds is 0. The van der Waals surface area contributed by atoms with Crippen LogP contribution in [0.2, 0.25) is 0 Å². The van der Waals surface area contributed by atoms with Crippen molar-refractivity contribution >= 4 is 5.97 Å². The molecule has 2 nitrogen and oxygen atoms in total. The van der Waals surface area contributed by atoms with E-state index in [0.717, 1.165) is 12.8 Å². The molecule has 2 rings (SSSR count). The van der Waals surface area contributed by atoms with E-state index in [9.17, 15) is 9.18 Å². The molecule has 0 radical (unpaired) electrons. The SMILES string of the molecule is O=C1OC(F)CC12CC2. The zero-order valence-corrected chi connectivity index (χ0v) is 4.89. The number of carbonyl (C=O) groups is 1. The van der Waals surface area contributed by atoms with E-state index in [1.807, 2.05) is 0 Å². The Bertz CT molecular complexity index is 162. The summed E-state index contributed by atoms with van der Waals surface area (Å²) in [5.74, 6) is -0.324. The molecule has 1 heterocycles. The Kier molecular flexibility index (Phi) is 0.739. The Morgan fingerprint density at radius 3 is 2.56 bits per heavy atom. The van der Waals surface area contributed by atoms with Crippen molar-refractivity contribution in [2.24, 2.45) is 5.41 Å². The van der Waals surface area contributed by atoms with E-state index >= 15 is 0 Å². The molecule has 0 aromatic rings. The molecule has 1 saturated carbocycles. The van der Waals surface area contributed by atoms with Crippen molar-refractivity contribution in [2.75, 3.05) is 0 Å². The largest absolute Gasteiger partial charge is 0.431 e. The van der Waals surface area contributed by atoms with Gasteiger partial charge in [0.1, 0.15) is 0 Å². The lowest BCUT2D eigenvalue weighted by Gasteiger charge is -1.92. The summed E-state index contributed by atoms with van der Waals surface area (Å²) in [6, 6.07) is 0. The van der Waals surface area contributed by atoms with Crippen molar-refractivity contribution in [1.82, 2.24) is 0 Å². The van der Waals surface area contributed by atoms with Crippen molar-refractivity contribution in [1.29, 1.82) is 0 Å². The summed E-state index contributed by atoms with van der Waals surface area (Å²) in [6.45, 7) is 0. The highest BCUT2D eigenvalue weighted by molar-refractivity contribution is 5.81. The fraction of sp³-hybridized carbons (Fsp3) is 0.833. The number of ether oxygens (including phenoxy) is 1. The molecule has 0 N–H and O–H groups in total. The molecular formula is C6H7FO2. The third-order valence-electron chi connectivity index (χ3n) is 2.07. The molecule has 9 heavy (non-hydrogen) atoms. The van der Waals surface area contributed by atoms with E-state index in [2.05, 4.69) is 4.74 Å². The Labute approximate surface area is 52.0 Å². The lowest BCUT2D eigenvalue weighted by atomic mass is 10.1. The fourth-order valence-corrected chi connectivity index (χ4v) is 1.23. The predicted octanol–water partition coefficient (Wildman–Crippen LogP) is 1.01. The van der Waals surface area contributed by atoms with Gasteiger partial charge in [-0.3, -0.25) is 4.79 Å². The van der Waals surface area contributed by atoms with E-state index in [1.165, 1.54) is 0 Å². The van der Waals surface area contributed by atoms with Crippen molar-refractivity contribution in [3.8, 4) is 0 Å². The highest BCUT2D eigenvalue weighted by Gasteiger charge is 2.58. The smallest absolute Gasteiger partial charge is 0.314 e. The van der Waals surface area contributed by atoms with Gasteiger partial charge in [0.15, 0.2) is 0 Å². The highest BCUT2D eigenvalue weighted by Crippen LogP contribution is 2.54. The minimum Gasteiger partial charge on any atom is -0.431 e. The van der Waals surface area contributed by atoms with Crippen LogP contribution in [-0.2, 0) is 9.53 Å². The van der Waals surface area contributed by atoms with E-state index in [0.29, 0.717) is 6.42 Å². The van der Waals surface area contributed by atoms with Crippen LogP contribution in [0.25, 0.3) is 0 Å². The summed E-state index contributed by atoms with van der Waals surface area (Å²) in [6.07, 6.45) is 0.629. The summed E-state index contributed by atoms with van der Waals surface area (Å²) >= 11 is 0. The fourth-order valence-electron chi connectivity index (χ4n) is 1.23. The lowest BCUT2D eigenvalue weighted by Crippen LogP contribution is -2.06. The molecule has 2 aliphatic rings. The monoisotopic (exact) mass is 130 g/mol. The summed E-state index contributed by atoms with van der Waals surface area (Å²) < 4.78 is 16.6. The van der Waals surface area contributed by atoms with Crippen LogP contribution < -0.4 is 0 Å². The molecule has 50 valence electrons. The molecule has 0 aromatic carbocycles. The first-order chi connectivity index (χ1) is 4.23. The first kappa shape index (κ1) is 5.21. The van der Waals surface area contributed by atoms with Gasteiger partial charge in [-0.05, 0) is 12.8 Å². The molecule has 2 fully saturated rings. The minimum absolute atomic E-state index is 0.297. The van der Waals surface area contributed by atoms with E-state index in [4.69, 9.17) is 0 Å². The molecule has 1 spiro atoms. The molecule has 0 amide bonds. The number of hydrogen-bond acceptors (Lipinski definition) is 2. The van der Waals surface area contributed by atoms with Gasteiger partial charge in [0.05, 0.1) is 5.41 Å². The van der Waals surface area contributed by atoms with Gasteiger partial charge in [0.25, 0.3) is 0 Å². The van der Waals surface area contributed by atoms with Crippen LogP contribution in [0, 0.1) is 5.41 Å². The average Bonchev–Trinajstić information content (AvgIpc) is 2.42. The summed E-state index contributed by atoms with van der Waals surface area (Å²) in [5, 5.41) is 0. The van der Waals surface area contributed by atoms with Crippen molar-refractivity contribution in [2.45, 2.75) is 25.6 Å². The first-order valence-electron chi connectivity index (χ1n) is 3.08. The van der Waals surface area contributed by atoms with Crippen LogP contribution in [0.3, 0.4) is 0 Å². The maximum atomic E-state index is 12.3. The summed E-state index contributed by atoms with van der Waals surface area (Å²) in [4.78, 5) is 10.7. The van der Waals surface area contributed by atoms with Gasteiger partial charge in [-0.1, -0.05) is 0 Å². The third-order valence-corrected chi connectivity index (χ3v) is 2.07. The first-order valence-corrected chi connectivity index (χ1v) is 3.08. The van der Waals surface area contributed by atoms with Gasteiger partial charge in [-0.15, -0.1) is 0 Å². The molecule has 1 atom stereocenters. The van der Waals surface area contributed by atoms with Crippen LogP contribution in [0.1, 0.15) is 19.3 Å². The topological polar surface area (TPSA) is 26.3 Å². The molecule has 0 bridgehead atoms. The van der Waals surface area contributed by atoms with Gasteiger partial charge in [-0.25, -0.2) is 4.39 Å². The van der Waals surface area contributed by atoms with E-state index in [-0.39, 0.29) is 11.4 Å². The number of esters is 1. The van der Waals surface area contributed by atoms with E-state index in [1.54, 1.807) is 0 Å². The molecule has 0 aromatic heterocycles. The van der Waals surface area contributed by atoms with Gasteiger partial charge in [0, 0.05) is 6.42 Å². The van der Waals surface area contributed by atoms with Gasteiger partial charge >= 0.3 is 5.97 Å². The lowest BCUT2D eigenvalue weighted by molar-refractivity contribution is -0.150. The Morgan fingerprint density at radius 1 is 1.67 bits per heavy atom. The summed E-state index contributed by atoms with van der Waals surface area (Å²) in [5.41, 5.74) is -0.362. The number of alkyl halides is 1. The van der Waals surface area contributed by atoms with E-state index < -0.39 is 6.36 Å². The molecule has 1 aliphatic heterocycles. The second-order valence-electron chi connectivity index (χ2n) is 2.80. The second-order valence-corrected chi connectivity index (χ2v) is 2.80. The Balaban J connectivity index is 2.19. The van der Waals surface area contributed by atoms with Crippen LogP contribution >= 0.6 is 0 Å². The number of carbonyl (C=O) groups excluding carboxylic acids is 1. The predicted molar refractivity (Wildman–Crippen MR) is 27.3 cm³/mol. The third kappa shape index (κ3) is 0.573. The number of hydrogen-bond donors (Lipinski definition) is 0. The maximum Gasteiger partial charge on any atom is 0.314 e. The zero-order valence-electron chi connectivity index (χ0n) is 4.89. The van der Waals surface area contributed by atoms with Crippen LogP contribution in [0.15, 0.2) is 0 Å². The zero-order chi connectivity index (χ0) is 6.48. The molecular weight excluding hydrogens is 123 g/mol. The maximum absolute atomic E-state index is 12.3. The van der Waals surface area contributed by atoms with Gasteiger partial charge in [0.2, 0.25) is 6.36 Å². The summed E-state index contributed by atoms with van der Waals surface area (Å²) in [7, 11) is 0. The minimum atomic E-state index is -1.32.